The van der Waals surface area contributed by atoms with Crippen molar-refractivity contribution in [3.8, 4) is 23.0 Å². The Balaban J connectivity index is 1.47. The van der Waals surface area contributed by atoms with Gasteiger partial charge in [0, 0.05) is 48.5 Å². The number of hydrogen-bond acceptors (Lipinski definition) is 12. The minimum absolute atomic E-state index is 0.116. The molecule has 15 heteroatoms. The quantitative estimate of drug-likeness (QED) is 0.224. The van der Waals surface area contributed by atoms with Gasteiger partial charge in [0.15, 0.2) is 6.29 Å². The van der Waals surface area contributed by atoms with Crippen LogP contribution < -0.4 is 5.43 Å². The number of methoxy groups -OCH3 is 1. The number of hydrogen-bond donors (Lipinski definition) is 2. The molecular formula is C30H28ClN7O5S2. The second-order valence-corrected chi connectivity index (χ2v) is 12.5. The van der Waals surface area contributed by atoms with Crippen LogP contribution in [0.1, 0.15) is 39.9 Å². The van der Waals surface area contributed by atoms with Crippen LogP contribution in [0.5, 0.6) is 0 Å². The number of hydrazine groups is 1. The molecule has 4 aromatic rings. The molecule has 0 spiro atoms. The second kappa shape index (κ2) is 12.4. The fraction of sp³-hybridized carbons (Fsp3) is 0.367. The molecule has 3 aliphatic heterocycles. The van der Waals surface area contributed by atoms with Crippen LogP contribution in [0.25, 0.3) is 10.7 Å². The lowest BCUT2D eigenvalue weighted by Gasteiger charge is -2.55. The zero-order valence-electron chi connectivity index (χ0n) is 23.9. The van der Waals surface area contributed by atoms with Crippen LogP contribution in [0.4, 0.5) is 0 Å². The van der Waals surface area contributed by atoms with Gasteiger partial charge in [-0.2, -0.15) is 0 Å². The Kier molecular flexibility index (Phi) is 8.36. The molecule has 0 aliphatic carbocycles. The van der Waals surface area contributed by atoms with E-state index in [-0.39, 0.29) is 12.3 Å². The van der Waals surface area contributed by atoms with E-state index in [1.165, 1.54) is 24.6 Å². The number of carbonyl (C=O) groups excluding carboxylic acids is 1. The first-order valence-electron chi connectivity index (χ1n) is 14.2. The van der Waals surface area contributed by atoms with E-state index < -0.39 is 41.5 Å². The number of amides is 1. The van der Waals surface area contributed by atoms with E-state index >= 15 is 0 Å². The molecule has 1 N–H and O–H groups in total. The number of thiazole rings is 1. The highest BCUT2D eigenvalue weighted by atomic mass is 35.5. The third kappa shape index (κ3) is 5.33. The Bertz CT molecular complexity index is 1750. The molecular weight excluding hydrogens is 638 g/mol. The number of ether oxygens (including phenoxy) is 4. The summed E-state index contributed by atoms with van der Waals surface area (Å²) < 4.78 is 27.2. The maximum Gasteiger partial charge on any atom is 0.284 e. The Labute approximate surface area is 273 Å². The summed E-state index contributed by atoms with van der Waals surface area (Å²) in [6.45, 7) is 1.61. The molecule has 0 bridgehead atoms. The average Bonchev–Trinajstić information content (AvgIpc) is 3.71. The number of thiol groups is 1. The minimum Gasteiger partial charge on any atom is -0.375 e. The largest absolute Gasteiger partial charge is 0.375 e. The van der Waals surface area contributed by atoms with Crippen LogP contribution in [-0.2, 0) is 24.5 Å². The lowest BCUT2D eigenvalue weighted by atomic mass is 9.73. The zero-order chi connectivity index (χ0) is 31.1. The molecule has 1 aromatic carbocycles. The van der Waals surface area contributed by atoms with Gasteiger partial charge in [0.2, 0.25) is 0 Å². The molecule has 6 heterocycles. The van der Waals surface area contributed by atoms with Crippen LogP contribution in [0, 0.1) is 12.3 Å². The predicted octanol–water partition coefficient (Wildman–Crippen LogP) is 3.31. The lowest BCUT2D eigenvalue weighted by Crippen LogP contribution is -2.70. The van der Waals surface area contributed by atoms with Gasteiger partial charge >= 0.3 is 0 Å². The van der Waals surface area contributed by atoms with Crippen molar-refractivity contribution in [1.82, 2.24) is 35.4 Å². The summed E-state index contributed by atoms with van der Waals surface area (Å²) in [5.41, 5.74) is 2.91. The molecule has 6 atom stereocenters. The van der Waals surface area contributed by atoms with Crippen LogP contribution in [0.3, 0.4) is 0 Å². The van der Waals surface area contributed by atoms with E-state index in [0.29, 0.717) is 27.0 Å². The third-order valence-corrected chi connectivity index (χ3v) is 9.75. The molecule has 45 heavy (non-hydrogen) atoms. The predicted molar refractivity (Wildman–Crippen MR) is 167 cm³/mol. The normalized spacial score (nSPS) is 28.1. The number of terminal acetylenes is 1. The van der Waals surface area contributed by atoms with Crippen LogP contribution in [-0.4, -0.2) is 86.4 Å². The molecule has 3 aliphatic rings. The van der Waals surface area contributed by atoms with Gasteiger partial charge in [-0.1, -0.05) is 53.1 Å². The van der Waals surface area contributed by atoms with Crippen molar-refractivity contribution in [3.63, 3.8) is 0 Å². The Morgan fingerprint density at radius 2 is 2.11 bits per heavy atom. The first-order chi connectivity index (χ1) is 21.9. The Morgan fingerprint density at radius 3 is 2.80 bits per heavy atom. The topological polar surface area (TPSA) is 126 Å². The molecule has 3 saturated heterocycles. The molecule has 1 amide bonds. The van der Waals surface area contributed by atoms with Crippen molar-refractivity contribution in [1.29, 1.82) is 0 Å². The van der Waals surface area contributed by atoms with Gasteiger partial charge in [-0.05, 0) is 12.5 Å². The van der Waals surface area contributed by atoms with E-state index in [4.69, 9.17) is 49.6 Å². The van der Waals surface area contributed by atoms with Gasteiger partial charge in [0.05, 0.1) is 12.8 Å². The standard InChI is InChI=1S/C30H28ClN7O5S2/c1-3-17-12-19(23(32-13-17)26(39)35-37-10-7-11-37)30(38-14-20(34-36-38)27-33-22(31)16-45-27)24-21(42-29(44)25(30)40-2)15-41-28(43-24)18-8-5-4-6-9-18/h1,4-6,8-9,12-14,16,21,24-25,28-29,44H,7,10-11,15H2,2H3,(H,35,39)/t21-,24+,25+,28?,29-,30?/m1/s1. The average molecular weight is 666 g/mol. The number of fused-ring (bicyclic) bond motifs is 1. The number of nitrogens with one attached hydrogen (secondary N) is 1. The number of carbonyl (C=O) groups is 1. The van der Waals surface area contributed by atoms with E-state index in [0.717, 1.165) is 25.1 Å². The van der Waals surface area contributed by atoms with Crippen molar-refractivity contribution >= 4 is 41.5 Å². The summed E-state index contributed by atoms with van der Waals surface area (Å²) in [4.78, 5) is 22.9. The van der Waals surface area contributed by atoms with Crippen LogP contribution in [0.15, 0.2) is 54.2 Å². The van der Waals surface area contributed by atoms with Gasteiger partial charge < -0.3 is 18.9 Å². The summed E-state index contributed by atoms with van der Waals surface area (Å²) in [5, 5.41) is 13.5. The number of pyridine rings is 1. The van der Waals surface area contributed by atoms with Crippen molar-refractivity contribution in [2.45, 2.75) is 42.0 Å². The van der Waals surface area contributed by atoms with Crippen LogP contribution >= 0.6 is 35.6 Å². The van der Waals surface area contributed by atoms with E-state index in [9.17, 15) is 4.79 Å². The summed E-state index contributed by atoms with van der Waals surface area (Å²) >= 11 is 12.3. The maximum absolute atomic E-state index is 13.9. The smallest absolute Gasteiger partial charge is 0.284 e. The molecule has 7 rings (SSSR count). The molecule has 232 valence electrons. The lowest BCUT2D eigenvalue weighted by molar-refractivity contribution is -0.323. The van der Waals surface area contributed by atoms with Crippen molar-refractivity contribution < 1.29 is 23.7 Å². The van der Waals surface area contributed by atoms with E-state index in [1.807, 2.05) is 35.3 Å². The van der Waals surface area contributed by atoms with Gasteiger partial charge in [-0.25, -0.2) is 19.7 Å². The van der Waals surface area contributed by atoms with Crippen molar-refractivity contribution in [2.24, 2.45) is 0 Å². The molecule has 3 aromatic heterocycles. The number of nitrogens with zero attached hydrogens (tertiary/aromatic N) is 6. The molecule has 0 radical (unpaired) electrons. The summed E-state index contributed by atoms with van der Waals surface area (Å²) in [6.07, 6.45) is 6.90. The highest BCUT2D eigenvalue weighted by Crippen LogP contribution is 2.49. The monoisotopic (exact) mass is 665 g/mol. The fourth-order valence-corrected chi connectivity index (χ4v) is 7.40. The molecule has 3 fully saturated rings. The SMILES string of the molecule is C#Cc1cnc(C(=O)NN2CCC2)c(C2(n3cc(-c4nc(Cl)cs4)nn3)[C@@H](OC)[C@@H](S)O[C@@H]3COC(c4ccccc4)O[C@@H]32)c1. The number of benzene rings is 1. The number of rotatable bonds is 7. The number of halogens is 1. The first-order valence-corrected chi connectivity index (χ1v) is 16.0. The summed E-state index contributed by atoms with van der Waals surface area (Å²) in [6, 6.07) is 11.3. The van der Waals surface area contributed by atoms with E-state index in [2.05, 4.69) is 31.6 Å². The molecule has 12 nitrogen and oxygen atoms in total. The number of aromatic nitrogens is 5. The third-order valence-electron chi connectivity index (χ3n) is 8.17. The second-order valence-electron chi connectivity index (χ2n) is 10.7. The first kappa shape index (κ1) is 30.3. The Hall–Kier alpha value is -3.39. The fourth-order valence-electron chi connectivity index (χ4n) is 6.00. The minimum atomic E-state index is -1.45. The van der Waals surface area contributed by atoms with Gasteiger partial charge in [0.25, 0.3) is 5.91 Å². The molecule has 2 unspecified atom stereocenters. The zero-order valence-corrected chi connectivity index (χ0v) is 26.4. The highest BCUT2D eigenvalue weighted by Gasteiger charge is 2.63. The Morgan fingerprint density at radius 1 is 1.29 bits per heavy atom. The van der Waals surface area contributed by atoms with E-state index in [1.54, 1.807) is 22.3 Å². The van der Waals surface area contributed by atoms with Gasteiger partial charge in [-0.15, -0.1) is 35.5 Å². The van der Waals surface area contributed by atoms with Crippen molar-refractivity contribution in [3.05, 3.63) is 81.7 Å². The summed E-state index contributed by atoms with van der Waals surface area (Å²) in [7, 11) is 1.54. The van der Waals surface area contributed by atoms with Gasteiger partial charge in [0.1, 0.15) is 50.8 Å². The van der Waals surface area contributed by atoms with Crippen molar-refractivity contribution in [2.75, 3.05) is 26.8 Å². The highest BCUT2D eigenvalue weighted by molar-refractivity contribution is 7.80. The summed E-state index contributed by atoms with van der Waals surface area (Å²) in [5.74, 6) is 2.24. The van der Waals surface area contributed by atoms with Crippen LogP contribution in [0.2, 0.25) is 5.15 Å². The maximum atomic E-state index is 13.9. The molecule has 0 saturated carbocycles. The van der Waals surface area contributed by atoms with Gasteiger partial charge in [-0.3, -0.25) is 10.2 Å².